The van der Waals surface area contributed by atoms with Crippen molar-refractivity contribution < 1.29 is 22.7 Å². The van der Waals surface area contributed by atoms with Crippen LogP contribution in [0.5, 0.6) is 0 Å². The van der Waals surface area contributed by atoms with Gasteiger partial charge in [-0.15, -0.1) is 0 Å². The molecule has 1 aromatic carbocycles. The molecule has 0 bridgehead atoms. The summed E-state index contributed by atoms with van der Waals surface area (Å²) in [6.07, 6.45) is 1.67. The lowest BCUT2D eigenvalue weighted by Gasteiger charge is -2.13. The van der Waals surface area contributed by atoms with Gasteiger partial charge in [-0.3, -0.25) is 9.52 Å². The number of hydrogen-bond donors (Lipinski definition) is 4. The number of carbonyl (C=O) groups is 1. The van der Waals surface area contributed by atoms with E-state index < -0.39 is 22.0 Å². The van der Waals surface area contributed by atoms with Crippen molar-refractivity contribution in [1.82, 2.24) is 10.0 Å². The Hall–Kier alpha value is -2.50. The number of furan rings is 1. The van der Waals surface area contributed by atoms with Crippen molar-refractivity contribution >= 4 is 33.7 Å². The largest absolute Gasteiger partial charge is 0.468 e. The van der Waals surface area contributed by atoms with E-state index in [4.69, 9.17) is 10.2 Å². The van der Waals surface area contributed by atoms with Gasteiger partial charge in [0.15, 0.2) is 0 Å². The number of carbonyl (C=O) groups excluding carboxylic acids is 1. The molecule has 1 amide bonds. The van der Waals surface area contributed by atoms with E-state index in [0.717, 1.165) is 12.0 Å². The molecule has 158 valence electrons. The van der Waals surface area contributed by atoms with Crippen molar-refractivity contribution in [1.29, 1.82) is 0 Å². The zero-order chi connectivity index (χ0) is 21.3. The highest BCUT2D eigenvalue weighted by atomic mass is 32.2. The van der Waals surface area contributed by atoms with Crippen LogP contribution in [0.4, 0.5) is 0 Å². The zero-order valence-corrected chi connectivity index (χ0v) is 17.5. The van der Waals surface area contributed by atoms with Crippen LogP contribution in [0.1, 0.15) is 27.8 Å². The van der Waals surface area contributed by atoms with Crippen LogP contribution in [0, 0.1) is 0 Å². The van der Waals surface area contributed by atoms with Gasteiger partial charge in [-0.25, -0.2) is 13.4 Å². The number of nitrogens with zero attached hydrogens (tertiary/aromatic N) is 1. The van der Waals surface area contributed by atoms with Crippen LogP contribution < -0.4 is 15.8 Å². The standard InChI is InChI=1S/C18H24N4O5S2/c1-29(25,26)22-18(20-8-10-28-12-15-3-2-9-27-15)21-11-16(23)13-4-6-14(7-5-13)17(19)24/h2-7,9,16,23H,8,10-12H2,1H3,(H2,19,24)(H2,20,21,22). The van der Waals surface area contributed by atoms with E-state index in [-0.39, 0.29) is 12.5 Å². The molecule has 0 fully saturated rings. The van der Waals surface area contributed by atoms with E-state index in [9.17, 15) is 18.3 Å². The molecule has 11 heteroatoms. The number of primary amides is 1. The quantitative estimate of drug-likeness (QED) is 0.243. The van der Waals surface area contributed by atoms with Crippen molar-refractivity contribution in [3.63, 3.8) is 0 Å². The predicted octanol–water partition coefficient (Wildman–Crippen LogP) is 0.840. The highest BCUT2D eigenvalue weighted by Gasteiger charge is 2.11. The first-order chi connectivity index (χ1) is 13.7. The Labute approximate surface area is 173 Å². The average Bonchev–Trinajstić information content (AvgIpc) is 3.17. The van der Waals surface area contributed by atoms with Gasteiger partial charge in [0.05, 0.1) is 30.9 Å². The molecule has 1 heterocycles. The fourth-order valence-electron chi connectivity index (χ4n) is 2.26. The summed E-state index contributed by atoms with van der Waals surface area (Å²) in [5, 5.41) is 13.2. The lowest BCUT2D eigenvalue weighted by atomic mass is 10.1. The van der Waals surface area contributed by atoms with Crippen LogP contribution in [0.3, 0.4) is 0 Å². The van der Waals surface area contributed by atoms with Gasteiger partial charge in [-0.1, -0.05) is 12.1 Å². The first kappa shape index (κ1) is 22.8. The predicted molar refractivity (Wildman–Crippen MR) is 113 cm³/mol. The number of hydrogen-bond acceptors (Lipinski definition) is 7. The van der Waals surface area contributed by atoms with Crippen LogP contribution in [0.2, 0.25) is 0 Å². The number of nitrogens with one attached hydrogen (secondary N) is 2. The SMILES string of the molecule is CS(=O)(=O)NC(=NCC(O)c1ccc(C(N)=O)cc1)NCCSCc1ccco1. The number of thioether (sulfide) groups is 1. The van der Waals surface area contributed by atoms with Gasteiger partial charge in [-0.2, -0.15) is 11.8 Å². The summed E-state index contributed by atoms with van der Waals surface area (Å²) in [6, 6.07) is 9.87. The summed E-state index contributed by atoms with van der Waals surface area (Å²) in [5.41, 5.74) is 6.05. The highest BCUT2D eigenvalue weighted by molar-refractivity contribution is 7.98. The van der Waals surface area contributed by atoms with Gasteiger partial charge in [0.1, 0.15) is 5.76 Å². The summed E-state index contributed by atoms with van der Waals surface area (Å²) in [7, 11) is -3.53. The summed E-state index contributed by atoms with van der Waals surface area (Å²) in [6.45, 7) is 0.399. The number of amides is 1. The molecule has 1 unspecified atom stereocenters. The Morgan fingerprint density at radius 3 is 2.62 bits per heavy atom. The van der Waals surface area contributed by atoms with Gasteiger partial charge in [0, 0.05) is 17.9 Å². The van der Waals surface area contributed by atoms with Gasteiger partial charge in [-0.05, 0) is 29.8 Å². The first-order valence-electron chi connectivity index (χ1n) is 8.68. The molecule has 29 heavy (non-hydrogen) atoms. The van der Waals surface area contributed by atoms with E-state index in [1.165, 1.54) is 12.1 Å². The lowest BCUT2D eigenvalue weighted by Crippen LogP contribution is -2.41. The summed E-state index contributed by atoms with van der Waals surface area (Å²) >= 11 is 1.62. The normalized spacial score (nSPS) is 13.1. The van der Waals surface area contributed by atoms with E-state index in [1.54, 1.807) is 30.2 Å². The Morgan fingerprint density at radius 2 is 2.03 bits per heavy atom. The Kier molecular flexibility index (Phi) is 8.55. The third kappa shape index (κ3) is 8.59. The highest BCUT2D eigenvalue weighted by Crippen LogP contribution is 2.14. The number of sulfonamides is 1. The van der Waals surface area contributed by atoms with Crippen molar-refractivity contribution in [2.75, 3.05) is 25.1 Å². The molecular formula is C18H24N4O5S2. The minimum atomic E-state index is -3.53. The maximum Gasteiger partial charge on any atom is 0.248 e. The number of aliphatic hydroxyl groups is 1. The monoisotopic (exact) mass is 440 g/mol. The van der Waals surface area contributed by atoms with Gasteiger partial charge in [0.25, 0.3) is 0 Å². The molecule has 2 aromatic rings. The Balaban J connectivity index is 1.89. The summed E-state index contributed by atoms with van der Waals surface area (Å²) in [4.78, 5) is 15.2. The molecule has 0 aliphatic rings. The van der Waals surface area contributed by atoms with Crippen molar-refractivity contribution in [2.45, 2.75) is 11.9 Å². The number of aliphatic imine (C=N–C) groups is 1. The average molecular weight is 441 g/mol. The number of guanidine groups is 1. The molecule has 5 N–H and O–H groups in total. The smallest absolute Gasteiger partial charge is 0.248 e. The molecule has 1 atom stereocenters. The molecule has 0 saturated heterocycles. The van der Waals surface area contributed by atoms with Crippen LogP contribution in [0.15, 0.2) is 52.1 Å². The topological polar surface area (TPSA) is 147 Å². The Bertz CT molecular complexity index is 912. The minimum Gasteiger partial charge on any atom is -0.468 e. The molecule has 0 radical (unpaired) electrons. The fraction of sp³-hybridized carbons (Fsp3) is 0.333. The Morgan fingerprint density at radius 1 is 1.31 bits per heavy atom. The van der Waals surface area contributed by atoms with Crippen LogP contribution >= 0.6 is 11.8 Å². The molecule has 0 aliphatic carbocycles. The minimum absolute atomic E-state index is 0.0545. The third-order valence-corrected chi connectivity index (χ3v) is 5.19. The molecule has 9 nitrogen and oxygen atoms in total. The molecule has 0 spiro atoms. The summed E-state index contributed by atoms with van der Waals surface area (Å²) in [5.74, 6) is 1.77. The van der Waals surface area contributed by atoms with Gasteiger partial charge < -0.3 is 20.6 Å². The number of nitrogens with two attached hydrogens (primary N) is 1. The number of aliphatic hydroxyl groups excluding tert-OH is 1. The third-order valence-electron chi connectivity index (χ3n) is 3.65. The van der Waals surface area contributed by atoms with Crippen LogP contribution in [0.25, 0.3) is 0 Å². The van der Waals surface area contributed by atoms with Crippen LogP contribution in [-0.4, -0.2) is 50.5 Å². The second-order valence-corrected chi connectivity index (χ2v) is 8.98. The second kappa shape index (κ2) is 10.9. The molecule has 0 saturated carbocycles. The fourth-order valence-corrected chi connectivity index (χ4v) is 3.51. The lowest BCUT2D eigenvalue weighted by molar-refractivity contribution is 0.1000. The second-order valence-electron chi connectivity index (χ2n) is 6.12. The molecular weight excluding hydrogens is 416 g/mol. The van der Waals surface area contributed by atoms with Crippen LogP contribution in [-0.2, 0) is 15.8 Å². The van der Waals surface area contributed by atoms with Crippen molar-refractivity contribution in [3.05, 3.63) is 59.5 Å². The molecule has 0 aliphatic heterocycles. The zero-order valence-electron chi connectivity index (χ0n) is 15.9. The number of rotatable bonds is 10. The van der Waals surface area contributed by atoms with Gasteiger partial charge in [0.2, 0.25) is 21.9 Å². The van der Waals surface area contributed by atoms with E-state index in [0.29, 0.717) is 29.2 Å². The van der Waals surface area contributed by atoms with E-state index >= 15 is 0 Å². The van der Waals surface area contributed by atoms with Crippen molar-refractivity contribution in [2.24, 2.45) is 10.7 Å². The molecule has 2 rings (SSSR count). The van der Waals surface area contributed by atoms with Crippen molar-refractivity contribution in [3.8, 4) is 0 Å². The maximum atomic E-state index is 11.5. The summed E-state index contributed by atoms with van der Waals surface area (Å²) < 4.78 is 30.6. The van der Waals surface area contributed by atoms with Gasteiger partial charge >= 0.3 is 0 Å². The number of benzene rings is 1. The van der Waals surface area contributed by atoms with E-state index in [2.05, 4.69) is 15.0 Å². The van der Waals surface area contributed by atoms with E-state index in [1.807, 2.05) is 12.1 Å². The first-order valence-corrected chi connectivity index (χ1v) is 11.7. The molecule has 1 aromatic heterocycles. The maximum absolute atomic E-state index is 11.5.